The molecule has 2 unspecified atom stereocenters. The van der Waals surface area contributed by atoms with Crippen LogP contribution in [0.5, 0.6) is 0 Å². The van der Waals surface area contributed by atoms with Gasteiger partial charge < -0.3 is 20.1 Å². The van der Waals surface area contributed by atoms with Crippen molar-refractivity contribution in [1.29, 1.82) is 0 Å². The molecule has 0 aliphatic carbocycles. The van der Waals surface area contributed by atoms with Crippen molar-refractivity contribution in [2.24, 2.45) is 5.92 Å². The monoisotopic (exact) mass is 228 g/mol. The van der Waals surface area contributed by atoms with E-state index in [9.17, 15) is 4.79 Å². The molecule has 2 saturated heterocycles. The Labute approximate surface area is 95.9 Å². The molecule has 16 heavy (non-hydrogen) atoms. The molecule has 92 valence electrons. The van der Waals surface area contributed by atoms with Crippen LogP contribution in [-0.4, -0.2) is 51.5 Å². The molecule has 2 rings (SSSR count). The lowest BCUT2D eigenvalue weighted by Crippen LogP contribution is -2.45. The zero-order valence-electron chi connectivity index (χ0n) is 9.54. The number of rotatable bonds is 3. The minimum absolute atomic E-state index is 0.0225. The summed E-state index contributed by atoms with van der Waals surface area (Å²) in [4.78, 5) is 11.8. The Bertz CT molecular complexity index is 223. The quantitative estimate of drug-likeness (QED) is 0.685. The maximum absolute atomic E-state index is 11.8. The van der Waals surface area contributed by atoms with E-state index in [-0.39, 0.29) is 17.9 Å². The van der Waals surface area contributed by atoms with Crippen LogP contribution in [0.2, 0.25) is 0 Å². The highest BCUT2D eigenvalue weighted by Gasteiger charge is 2.22. The first-order valence-corrected chi connectivity index (χ1v) is 6.04. The Morgan fingerprint density at radius 1 is 1.44 bits per heavy atom. The fourth-order valence-electron chi connectivity index (χ4n) is 2.09. The van der Waals surface area contributed by atoms with Gasteiger partial charge in [0.2, 0.25) is 5.91 Å². The highest BCUT2D eigenvalue weighted by molar-refractivity contribution is 5.78. The normalized spacial score (nSPS) is 31.0. The first-order chi connectivity index (χ1) is 7.86. The summed E-state index contributed by atoms with van der Waals surface area (Å²) in [5, 5.41) is 6.18. The van der Waals surface area contributed by atoms with Crippen LogP contribution in [0, 0.1) is 5.92 Å². The number of hydrogen-bond donors (Lipinski definition) is 2. The molecule has 0 radical (unpaired) electrons. The van der Waals surface area contributed by atoms with Gasteiger partial charge >= 0.3 is 0 Å². The van der Waals surface area contributed by atoms with Crippen LogP contribution in [0.25, 0.3) is 0 Å². The topological polar surface area (TPSA) is 59.6 Å². The molecule has 0 spiro atoms. The molecule has 0 bridgehead atoms. The molecule has 5 heteroatoms. The molecule has 2 aliphatic heterocycles. The van der Waals surface area contributed by atoms with E-state index >= 15 is 0 Å². The molecule has 2 atom stereocenters. The highest BCUT2D eigenvalue weighted by Crippen LogP contribution is 2.09. The summed E-state index contributed by atoms with van der Waals surface area (Å²) in [7, 11) is 0. The van der Waals surface area contributed by atoms with Crippen LogP contribution < -0.4 is 10.6 Å². The maximum atomic E-state index is 11.8. The average molecular weight is 228 g/mol. The van der Waals surface area contributed by atoms with Crippen molar-refractivity contribution >= 4 is 5.91 Å². The second-order valence-corrected chi connectivity index (χ2v) is 4.36. The molecular formula is C11H20N2O3. The number of amides is 1. The Kier molecular flexibility index (Phi) is 4.56. The Morgan fingerprint density at radius 2 is 2.38 bits per heavy atom. The second-order valence-electron chi connectivity index (χ2n) is 4.36. The van der Waals surface area contributed by atoms with Crippen LogP contribution in [0.15, 0.2) is 0 Å². The fraction of sp³-hybridized carbons (Fsp3) is 0.909. The van der Waals surface area contributed by atoms with Gasteiger partial charge in [-0.1, -0.05) is 0 Å². The lowest BCUT2D eigenvalue weighted by Gasteiger charge is -2.25. The smallest absolute Gasteiger partial charge is 0.224 e. The van der Waals surface area contributed by atoms with Gasteiger partial charge in [-0.3, -0.25) is 4.79 Å². The van der Waals surface area contributed by atoms with Crippen molar-refractivity contribution in [2.75, 3.05) is 39.5 Å². The van der Waals surface area contributed by atoms with Crippen LogP contribution in [0.4, 0.5) is 0 Å². The standard InChI is InChI=1S/C11H20N2O3/c14-11(9-2-1-3-12-6-9)13-7-10-8-15-4-5-16-10/h9-10,12H,1-8H2,(H,13,14). The molecule has 2 N–H and O–H groups in total. The van der Waals surface area contributed by atoms with E-state index in [0.29, 0.717) is 26.4 Å². The van der Waals surface area contributed by atoms with Crippen LogP contribution in [0.1, 0.15) is 12.8 Å². The lowest BCUT2D eigenvalue weighted by molar-refractivity contribution is -0.128. The summed E-state index contributed by atoms with van der Waals surface area (Å²) >= 11 is 0. The van der Waals surface area contributed by atoms with Crippen LogP contribution >= 0.6 is 0 Å². The zero-order valence-corrected chi connectivity index (χ0v) is 9.54. The molecule has 0 saturated carbocycles. The summed E-state index contributed by atoms with van der Waals surface area (Å²) < 4.78 is 10.7. The molecule has 2 heterocycles. The Balaban J connectivity index is 1.65. The zero-order chi connectivity index (χ0) is 11.2. The van der Waals surface area contributed by atoms with E-state index in [2.05, 4.69) is 10.6 Å². The molecule has 2 aliphatic rings. The van der Waals surface area contributed by atoms with Gasteiger partial charge in [0.1, 0.15) is 0 Å². The second kappa shape index (κ2) is 6.18. The van der Waals surface area contributed by atoms with Gasteiger partial charge in [-0.15, -0.1) is 0 Å². The van der Waals surface area contributed by atoms with Gasteiger partial charge in [0, 0.05) is 13.1 Å². The molecule has 0 aromatic rings. The first-order valence-electron chi connectivity index (χ1n) is 6.04. The Morgan fingerprint density at radius 3 is 3.06 bits per heavy atom. The number of piperidine rings is 1. The third-order valence-corrected chi connectivity index (χ3v) is 3.06. The van der Waals surface area contributed by atoms with E-state index in [1.54, 1.807) is 0 Å². The predicted octanol–water partition coefficient (Wildman–Crippen LogP) is -0.482. The third kappa shape index (κ3) is 3.43. The molecule has 5 nitrogen and oxygen atoms in total. The van der Waals surface area contributed by atoms with Crippen LogP contribution in [0.3, 0.4) is 0 Å². The number of hydrogen-bond acceptors (Lipinski definition) is 4. The van der Waals surface area contributed by atoms with Crippen molar-refractivity contribution < 1.29 is 14.3 Å². The lowest BCUT2D eigenvalue weighted by atomic mass is 9.99. The van der Waals surface area contributed by atoms with Crippen molar-refractivity contribution in [3.63, 3.8) is 0 Å². The third-order valence-electron chi connectivity index (χ3n) is 3.06. The van der Waals surface area contributed by atoms with Crippen LogP contribution in [-0.2, 0) is 14.3 Å². The van der Waals surface area contributed by atoms with Gasteiger partial charge in [-0.05, 0) is 19.4 Å². The average Bonchev–Trinajstić information content (AvgIpc) is 2.38. The largest absolute Gasteiger partial charge is 0.376 e. The number of nitrogens with one attached hydrogen (secondary N) is 2. The first kappa shape index (κ1) is 11.8. The Hall–Kier alpha value is -0.650. The van der Waals surface area contributed by atoms with E-state index in [4.69, 9.17) is 9.47 Å². The van der Waals surface area contributed by atoms with Crippen molar-refractivity contribution in [3.8, 4) is 0 Å². The van der Waals surface area contributed by atoms with Gasteiger partial charge in [0.15, 0.2) is 0 Å². The van der Waals surface area contributed by atoms with E-state index < -0.39 is 0 Å². The minimum atomic E-state index is 0.0225. The van der Waals surface area contributed by atoms with E-state index in [1.165, 1.54) is 0 Å². The molecule has 0 aromatic heterocycles. The summed E-state index contributed by atoms with van der Waals surface area (Å²) in [5.41, 5.74) is 0. The molecule has 2 fully saturated rings. The predicted molar refractivity (Wildman–Crippen MR) is 59.2 cm³/mol. The number of ether oxygens (including phenoxy) is 2. The van der Waals surface area contributed by atoms with Gasteiger partial charge in [-0.25, -0.2) is 0 Å². The minimum Gasteiger partial charge on any atom is -0.376 e. The number of carbonyl (C=O) groups is 1. The van der Waals surface area contributed by atoms with Gasteiger partial charge in [0.25, 0.3) is 0 Å². The number of carbonyl (C=O) groups excluding carboxylic acids is 1. The molecular weight excluding hydrogens is 208 g/mol. The van der Waals surface area contributed by atoms with Gasteiger partial charge in [0.05, 0.1) is 31.8 Å². The summed E-state index contributed by atoms with van der Waals surface area (Å²) in [6.07, 6.45) is 2.09. The van der Waals surface area contributed by atoms with Crippen molar-refractivity contribution in [1.82, 2.24) is 10.6 Å². The fourth-order valence-corrected chi connectivity index (χ4v) is 2.09. The van der Waals surface area contributed by atoms with E-state index in [1.807, 2.05) is 0 Å². The maximum Gasteiger partial charge on any atom is 0.224 e. The summed E-state index contributed by atoms with van der Waals surface area (Å²) in [6, 6.07) is 0. The summed E-state index contributed by atoms with van der Waals surface area (Å²) in [5.74, 6) is 0.264. The molecule has 0 aromatic carbocycles. The van der Waals surface area contributed by atoms with Gasteiger partial charge in [-0.2, -0.15) is 0 Å². The highest BCUT2D eigenvalue weighted by atomic mass is 16.6. The van der Waals surface area contributed by atoms with Crippen molar-refractivity contribution in [3.05, 3.63) is 0 Å². The van der Waals surface area contributed by atoms with E-state index in [0.717, 1.165) is 25.9 Å². The van der Waals surface area contributed by atoms with Crippen molar-refractivity contribution in [2.45, 2.75) is 18.9 Å². The molecule has 1 amide bonds. The SMILES string of the molecule is O=C(NCC1COCCO1)C1CCCNC1. The summed E-state index contributed by atoms with van der Waals surface area (Å²) in [6.45, 7) is 4.28.